The number of nitrogens with one attached hydrogen (secondary N) is 2. The molecule has 94 valence electrons. The number of carbonyl (C=O) groups is 2. The van der Waals surface area contributed by atoms with Crippen molar-refractivity contribution in [2.75, 3.05) is 5.32 Å². The van der Waals surface area contributed by atoms with Gasteiger partial charge in [0.2, 0.25) is 0 Å². The smallest absolute Gasteiger partial charge is 0.326 e. The third kappa shape index (κ3) is 4.62. The van der Waals surface area contributed by atoms with E-state index in [4.69, 9.17) is 16.7 Å². The maximum Gasteiger partial charge on any atom is 0.326 e. The first kappa shape index (κ1) is 13.8. The number of thiophene rings is 1. The molecular formula is C10H13ClN2O3S. The molecule has 1 unspecified atom stereocenters. The van der Waals surface area contributed by atoms with Crippen LogP contribution in [0, 0.1) is 0 Å². The molecule has 1 atom stereocenters. The Bertz CT molecular complexity index is 408. The highest BCUT2D eigenvalue weighted by Crippen LogP contribution is 2.25. The van der Waals surface area contributed by atoms with Crippen molar-refractivity contribution in [3.8, 4) is 0 Å². The second kappa shape index (κ2) is 6.46. The van der Waals surface area contributed by atoms with Crippen LogP contribution in [0.1, 0.15) is 19.8 Å². The van der Waals surface area contributed by atoms with Gasteiger partial charge in [0.05, 0.1) is 9.34 Å². The lowest BCUT2D eigenvalue weighted by molar-refractivity contribution is -0.139. The third-order valence-corrected chi connectivity index (χ3v) is 3.14. The fraction of sp³-hybridized carbons (Fsp3) is 0.400. The SMILES string of the molecule is CCCC(NC(=O)Nc1ccc(Cl)s1)C(=O)O. The van der Waals surface area contributed by atoms with E-state index in [9.17, 15) is 9.59 Å². The van der Waals surface area contributed by atoms with Crippen LogP contribution in [0.4, 0.5) is 9.80 Å². The van der Waals surface area contributed by atoms with E-state index in [0.29, 0.717) is 22.2 Å². The predicted molar refractivity (Wildman–Crippen MR) is 67.8 cm³/mol. The van der Waals surface area contributed by atoms with E-state index in [2.05, 4.69) is 10.6 Å². The molecule has 0 bridgehead atoms. The largest absolute Gasteiger partial charge is 0.480 e. The van der Waals surface area contributed by atoms with Crippen molar-refractivity contribution in [2.45, 2.75) is 25.8 Å². The quantitative estimate of drug-likeness (QED) is 0.774. The number of amides is 2. The van der Waals surface area contributed by atoms with Crippen LogP contribution in [0.25, 0.3) is 0 Å². The van der Waals surface area contributed by atoms with Gasteiger partial charge in [0.15, 0.2) is 0 Å². The molecule has 0 spiro atoms. The summed E-state index contributed by atoms with van der Waals surface area (Å²) in [7, 11) is 0. The summed E-state index contributed by atoms with van der Waals surface area (Å²) in [5.74, 6) is -1.04. The standard InChI is InChI=1S/C10H13ClN2O3S/c1-2-3-6(9(14)15)12-10(16)13-8-5-4-7(11)17-8/h4-6H,2-3H2,1H3,(H,14,15)(H2,12,13,16). The molecule has 0 fully saturated rings. The van der Waals surface area contributed by atoms with Gasteiger partial charge in [-0.2, -0.15) is 0 Å². The Morgan fingerprint density at radius 3 is 2.71 bits per heavy atom. The summed E-state index contributed by atoms with van der Waals surface area (Å²) in [5, 5.41) is 14.4. The summed E-state index contributed by atoms with van der Waals surface area (Å²) in [6, 6.07) is 1.91. The zero-order valence-corrected chi connectivity index (χ0v) is 10.8. The number of carboxylic acids is 1. The molecule has 17 heavy (non-hydrogen) atoms. The average Bonchev–Trinajstić information content (AvgIpc) is 2.63. The number of carboxylic acid groups (broad SMARTS) is 1. The van der Waals surface area contributed by atoms with Crippen molar-refractivity contribution in [3.05, 3.63) is 16.5 Å². The molecule has 1 aromatic heterocycles. The Kier molecular flexibility index (Phi) is 5.24. The lowest BCUT2D eigenvalue weighted by atomic mass is 10.2. The summed E-state index contributed by atoms with van der Waals surface area (Å²) >= 11 is 6.91. The van der Waals surface area contributed by atoms with Gasteiger partial charge in [-0.3, -0.25) is 5.32 Å². The van der Waals surface area contributed by atoms with Crippen LogP contribution < -0.4 is 10.6 Å². The fourth-order valence-electron chi connectivity index (χ4n) is 1.23. The van der Waals surface area contributed by atoms with Crippen LogP contribution in [0.5, 0.6) is 0 Å². The number of carbonyl (C=O) groups excluding carboxylic acids is 1. The van der Waals surface area contributed by atoms with Crippen LogP contribution in [0.3, 0.4) is 0 Å². The Morgan fingerprint density at radius 1 is 1.53 bits per heavy atom. The molecule has 7 heteroatoms. The van der Waals surface area contributed by atoms with Crippen LogP contribution >= 0.6 is 22.9 Å². The second-order valence-electron chi connectivity index (χ2n) is 3.38. The minimum absolute atomic E-state index is 0.397. The van der Waals surface area contributed by atoms with Gasteiger partial charge in [-0.15, -0.1) is 11.3 Å². The molecule has 0 aliphatic rings. The fourth-order valence-corrected chi connectivity index (χ4v) is 2.17. The van der Waals surface area contributed by atoms with E-state index in [1.54, 1.807) is 12.1 Å². The van der Waals surface area contributed by atoms with Gasteiger partial charge in [-0.05, 0) is 18.6 Å². The zero-order chi connectivity index (χ0) is 12.8. The highest BCUT2D eigenvalue weighted by Gasteiger charge is 2.18. The van der Waals surface area contributed by atoms with Crippen molar-refractivity contribution < 1.29 is 14.7 Å². The summed E-state index contributed by atoms with van der Waals surface area (Å²) in [4.78, 5) is 22.3. The number of anilines is 1. The molecule has 0 aromatic carbocycles. The van der Waals surface area contributed by atoms with Crippen molar-refractivity contribution in [1.29, 1.82) is 0 Å². The van der Waals surface area contributed by atoms with E-state index in [-0.39, 0.29) is 0 Å². The summed E-state index contributed by atoms with van der Waals surface area (Å²) in [6.07, 6.45) is 1.08. The van der Waals surface area contributed by atoms with E-state index >= 15 is 0 Å². The molecule has 2 amide bonds. The molecule has 0 saturated heterocycles. The normalized spacial score (nSPS) is 11.9. The van der Waals surface area contributed by atoms with E-state index in [0.717, 1.165) is 0 Å². The van der Waals surface area contributed by atoms with E-state index < -0.39 is 18.0 Å². The molecule has 1 aromatic rings. The second-order valence-corrected chi connectivity index (χ2v) is 5.10. The first-order valence-corrected chi connectivity index (χ1v) is 6.28. The van der Waals surface area contributed by atoms with E-state index in [1.165, 1.54) is 11.3 Å². The monoisotopic (exact) mass is 276 g/mol. The molecule has 0 radical (unpaired) electrons. The van der Waals surface area contributed by atoms with Gasteiger partial charge in [-0.1, -0.05) is 24.9 Å². The first-order valence-electron chi connectivity index (χ1n) is 5.08. The Labute approximate surface area is 108 Å². The minimum atomic E-state index is -1.04. The average molecular weight is 277 g/mol. The maximum atomic E-state index is 11.5. The molecule has 0 aliphatic heterocycles. The van der Waals surface area contributed by atoms with Crippen LogP contribution in [0.15, 0.2) is 12.1 Å². The zero-order valence-electron chi connectivity index (χ0n) is 9.20. The van der Waals surface area contributed by atoms with Crippen LogP contribution in [-0.2, 0) is 4.79 Å². The number of urea groups is 1. The maximum absolute atomic E-state index is 11.5. The number of hydrogen-bond donors (Lipinski definition) is 3. The molecular weight excluding hydrogens is 264 g/mol. The Balaban J connectivity index is 2.50. The first-order chi connectivity index (χ1) is 8.02. The van der Waals surface area contributed by atoms with Crippen molar-refractivity contribution in [3.63, 3.8) is 0 Å². The van der Waals surface area contributed by atoms with Crippen molar-refractivity contribution in [2.24, 2.45) is 0 Å². The molecule has 1 rings (SSSR count). The van der Waals surface area contributed by atoms with Gasteiger partial charge < -0.3 is 10.4 Å². The number of halogens is 1. The minimum Gasteiger partial charge on any atom is -0.480 e. The predicted octanol–water partition coefficient (Wildman–Crippen LogP) is 2.78. The van der Waals surface area contributed by atoms with Crippen LogP contribution in [0.2, 0.25) is 4.34 Å². The molecule has 0 saturated carbocycles. The van der Waals surface area contributed by atoms with Gasteiger partial charge in [0, 0.05) is 0 Å². The number of rotatable bonds is 5. The number of aliphatic carboxylic acids is 1. The highest BCUT2D eigenvalue weighted by molar-refractivity contribution is 7.20. The van der Waals surface area contributed by atoms with Crippen LogP contribution in [-0.4, -0.2) is 23.1 Å². The Hall–Kier alpha value is -1.27. The summed E-state index contributed by atoms with van der Waals surface area (Å²) in [5.41, 5.74) is 0. The van der Waals surface area contributed by atoms with Gasteiger partial charge in [0.1, 0.15) is 6.04 Å². The van der Waals surface area contributed by atoms with Gasteiger partial charge in [0.25, 0.3) is 0 Å². The van der Waals surface area contributed by atoms with Gasteiger partial charge >= 0.3 is 12.0 Å². The van der Waals surface area contributed by atoms with E-state index in [1.807, 2.05) is 6.92 Å². The molecule has 0 aliphatic carbocycles. The summed E-state index contributed by atoms with van der Waals surface area (Å²) in [6.45, 7) is 1.86. The van der Waals surface area contributed by atoms with Gasteiger partial charge in [-0.25, -0.2) is 9.59 Å². The molecule has 1 heterocycles. The van der Waals surface area contributed by atoms with Crippen molar-refractivity contribution in [1.82, 2.24) is 5.32 Å². The lowest BCUT2D eigenvalue weighted by Gasteiger charge is -2.13. The highest BCUT2D eigenvalue weighted by atomic mass is 35.5. The third-order valence-electron chi connectivity index (χ3n) is 1.99. The molecule has 5 nitrogen and oxygen atoms in total. The topological polar surface area (TPSA) is 78.4 Å². The number of hydrogen-bond acceptors (Lipinski definition) is 3. The summed E-state index contributed by atoms with van der Waals surface area (Å²) < 4.78 is 0.559. The Morgan fingerprint density at radius 2 is 2.24 bits per heavy atom. The molecule has 3 N–H and O–H groups in total. The van der Waals surface area contributed by atoms with Crippen molar-refractivity contribution >= 4 is 39.9 Å². The lowest BCUT2D eigenvalue weighted by Crippen LogP contribution is -2.42.